The lowest BCUT2D eigenvalue weighted by Gasteiger charge is -2.33. The fourth-order valence-electron chi connectivity index (χ4n) is 3.74. The Morgan fingerprint density at radius 3 is 2.62 bits per heavy atom. The number of benzene rings is 1. The maximum absolute atomic E-state index is 12.3. The number of hydrogen-bond donors (Lipinski definition) is 1. The van der Waals surface area contributed by atoms with E-state index < -0.39 is 0 Å². The van der Waals surface area contributed by atoms with Crippen LogP contribution in [0.2, 0.25) is 0 Å². The molecule has 1 aromatic rings. The van der Waals surface area contributed by atoms with Gasteiger partial charge in [0, 0.05) is 12.6 Å². The van der Waals surface area contributed by atoms with E-state index in [4.69, 9.17) is 0 Å². The number of rotatable bonds is 9. The predicted octanol–water partition coefficient (Wildman–Crippen LogP) is 2.21. The molecule has 0 saturated carbocycles. The van der Waals surface area contributed by atoms with Crippen molar-refractivity contribution in [2.45, 2.75) is 37.8 Å². The average Bonchev–Trinajstić information content (AvgIpc) is 2.62. The van der Waals surface area contributed by atoms with E-state index in [-0.39, 0.29) is 11.9 Å². The number of amides is 1. The van der Waals surface area contributed by atoms with Crippen molar-refractivity contribution in [2.75, 3.05) is 54.4 Å². The van der Waals surface area contributed by atoms with Crippen LogP contribution in [0.15, 0.2) is 30.3 Å². The van der Waals surface area contributed by atoms with Crippen molar-refractivity contribution >= 4 is 5.91 Å². The Labute approximate surface area is 159 Å². The molecule has 1 aromatic carbocycles. The number of nitrogens with one attached hydrogen (secondary N) is 1. The van der Waals surface area contributed by atoms with Gasteiger partial charge in [0.1, 0.15) is 0 Å². The van der Waals surface area contributed by atoms with Crippen molar-refractivity contribution in [3.63, 3.8) is 0 Å². The van der Waals surface area contributed by atoms with E-state index in [9.17, 15) is 4.79 Å². The largest absolute Gasteiger partial charge is 0.353 e. The molecule has 0 radical (unpaired) electrons. The van der Waals surface area contributed by atoms with Gasteiger partial charge in [-0.3, -0.25) is 9.69 Å². The van der Waals surface area contributed by atoms with E-state index in [1.807, 2.05) is 25.2 Å². The molecule has 0 spiro atoms. The van der Waals surface area contributed by atoms with E-state index in [1.54, 1.807) is 0 Å². The number of carbonyl (C=O) groups excluding carboxylic acids is 1. The second kappa shape index (κ2) is 10.7. The first-order chi connectivity index (χ1) is 12.5. The van der Waals surface area contributed by atoms with Crippen LogP contribution >= 0.6 is 0 Å². The van der Waals surface area contributed by atoms with Gasteiger partial charge < -0.3 is 15.1 Å². The zero-order chi connectivity index (χ0) is 18.9. The van der Waals surface area contributed by atoms with Crippen molar-refractivity contribution in [3.8, 4) is 0 Å². The summed E-state index contributed by atoms with van der Waals surface area (Å²) in [6.45, 7) is 3.28. The van der Waals surface area contributed by atoms with Gasteiger partial charge in [-0.15, -0.1) is 0 Å². The third kappa shape index (κ3) is 6.71. The van der Waals surface area contributed by atoms with Crippen LogP contribution in [0.25, 0.3) is 0 Å². The number of hydrogen-bond acceptors (Lipinski definition) is 4. The summed E-state index contributed by atoms with van der Waals surface area (Å²) in [7, 11) is 8.37. The fraction of sp³-hybridized carbons (Fsp3) is 0.667. The quantitative estimate of drug-likeness (QED) is 0.733. The Bertz CT molecular complexity index is 534. The van der Waals surface area contributed by atoms with Gasteiger partial charge >= 0.3 is 0 Å². The summed E-state index contributed by atoms with van der Waals surface area (Å²) in [5, 5.41) is 3.11. The minimum atomic E-state index is 0.104. The predicted molar refractivity (Wildman–Crippen MR) is 108 cm³/mol. The minimum Gasteiger partial charge on any atom is -0.353 e. The average molecular weight is 361 g/mol. The Morgan fingerprint density at radius 1 is 1.23 bits per heavy atom. The third-order valence-corrected chi connectivity index (χ3v) is 5.48. The van der Waals surface area contributed by atoms with Gasteiger partial charge in [0.25, 0.3) is 0 Å². The lowest BCUT2D eigenvalue weighted by molar-refractivity contribution is -0.122. The lowest BCUT2D eigenvalue weighted by atomic mass is 10.00. The fourth-order valence-corrected chi connectivity index (χ4v) is 3.74. The first-order valence-electron chi connectivity index (χ1n) is 9.84. The standard InChI is InChI=1S/C21H36N4O/c1-23(2)20(18-10-6-5-7-11-18)16-22-21(26)17-24(3)15-13-19-12-8-9-14-25(19)4/h5-7,10-11,19-20H,8-9,12-17H2,1-4H3,(H,22,26)/t19-,20+/m1/s1. The molecule has 146 valence electrons. The highest BCUT2D eigenvalue weighted by Crippen LogP contribution is 2.18. The number of carbonyl (C=O) groups is 1. The molecule has 0 aromatic heterocycles. The van der Waals surface area contributed by atoms with Crippen LogP contribution in [0, 0.1) is 0 Å². The molecule has 1 saturated heterocycles. The van der Waals surface area contributed by atoms with Gasteiger partial charge in [0.05, 0.1) is 12.6 Å². The summed E-state index contributed by atoms with van der Waals surface area (Å²) in [6, 6.07) is 11.2. The lowest BCUT2D eigenvalue weighted by Crippen LogP contribution is -2.42. The molecule has 1 heterocycles. The second-order valence-electron chi connectivity index (χ2n) is 7.85. The van der Waals surface area contributed by atoms with Crippen molar-refractivity contribution < 1.29 is 4.79 Å². The van der Waals surface area contributed by atoms with E-state index in [0.29, 0.717) is 19.1 Å². The van der Waals surface area contributed by atoms with E-state index in [2.05, 4.69) is 53.3 Å². The van der Waals surface area contributed by atoms with Crippen molar-refractivity contribution in [1.82, 2.24) is 20.0 Å². The molecule has 1 aliphatic heterocycles. The van der Waals surface area contributed by atoms with E-state index in [1.165, 1.54) is 31.4 Å². The van der Waals surface area contributed by atoms with Gasteiger partial charge in [-0.05, 0) is 66.1 Å². The summed E-state index contributed by atoms with van der Waals surface area (Å²) >= 11 is 0. The number of nitrogens with zero attached hydrogens (tertiary/aromatic N) is 3. The van der Waals surface area contributed by atoms with Crippen molar-refractivity contribution in [1.29, 1.82) is 0 Å². The molecule has 5 nitrogen and oxygen atoms in total. The molecule has 0 unspecified atom stereocenters. The van der Waals surface area contributed by atoms with Gasteiger partial charge in [0.2, 0.25) is 5.91 Å². The normalized spacial score (nSPS) is 19.7. The van der Waals surface area contributed by atoms with E-state index in [0.717, 1.165) is 13.0 Å². The molecule has 2 rings (SSSR count). The summed E-state index contributed by atoms with van der Waals surface area (Å²) in [5.41, 5.74) is 1.23. The summed E-state index contributed by atoms with van der Waals surface area (Å²) in [4.78, 5) is 19.1. The van der Waals surface area contributed by atoms with Crippen LogP contribution in [0.3, 0.4) is 0 Å². The molecular formula is C21H36N4O. The van der Waals surface area contributed by atoms with Crippen molar-refractivity contribution in [2.24, 2.45) is 0 Å². The van der Waals surface area contributed by atoms with Crippen molar-refractivity contribution in [3.05, 3.63) is 35.9 Å². The molecule has 1 N–H and O–H groups in total. The first kappa shape index (κ1) is 20.9. The molecule has 1 fully saturated rings. The first-order valence-corrected chi connectivity index (χ1v) is 9.84. The highest BCUT2D eigenvalue weighted by Gasteiger charge is 2.20. The highest BCUT2D eigenvalue weighted by atomic mass is 16.2. The molecule has 5 heteroatoms. The number of likely N-dealkylation sites (N-methyl/N-ethyl adjacent to an activating group) is 2. The SMILES string of the molecule is CN(CC[C@H]1CCCCN1C)CC(=O)NC[C@@H](c1ccccc1)N(C)C. The molecule has 1 amide bonds. The summed E-state index contributed by atoms with van der Waals surface area (Å²) in [5.74, 6) is 0.104. The van der Waals surface area contributed by atoms with Gasteiger partial charge in [-0.2, -0.15) is 0 Å². The number of likely N-dealkylation sites (tertiary alicyclic amines) is 1. The van der Waals surface area contributed by atoms with Crippen LogP contribution in [-0.4, -0.2) is 81.0 Å². The summed E-state index contributed by atoms with van der Waals surface area (Å²) in [6.07, 6.45) is 5.09. The molecular weight excluding hydrogens is 324 g/mol. The van der Waals surface area contributed by atoms with Gasteiger partial charge in [-0.25, -0.2) is 0 Å². The van der Waals surface area contributed by atoms with Gasteiger partial charge in [-0.1, -0.05) is 36.8 Å². The van der Waals surface area contributed by atoms with Crippen LogP contribution in [0.1, 0.15) is 37.3 Å². The molecule has 2 atom stereocenters. The molecule has 0 aliphatic carbocycles. The topological polar surface area (TPSA) is 38.8 Å². The minimum absolute atomic E-state index is 0.104. The third-order valence-electron chi connectivity index (χ3n) is 5.48. The van der Waals surface area contributed by atoms with E-state index >= 15 is 0 Å². The monoisotopic (exact) mass is 360 g/mol. The van der Waals surface area contributed by atoms with Gasteiger partial charge in [0.15, 0.2) is 0 Å². The maximum Gasteiger partial charge on any atom is 0.234 e. The zero-order valence-corrected chi connectivity index (χ0v) is 16.9. The molecule has 1 aliphatic rings. The smallest absolute Gasteiger partial charge is 0.234 e. The van der Waals surface area contributed by atoms with Crippen LogP contribution < -0.4 is 5.32 Å². The molecule has 0 bridgehead atoms. The molecule has 26 heavy (non-hydrogen) atoms. The van der Waals surface area contributed by atoms with Crippen LogP contribution in [0.4, 0.5) is 0 Å². The Hall–Kier alpha value is -1.43. The zero-order valence-electron chi connectivity index (χ0n) is 16.9. The Kier molecular flexibility index (Phi) is 8.55. The number of piperidine rings is 1. The maximum atomic E-state index is 12.3. The van der Waals surface area contributed by atoms with Crippen LogP contribution in [0.5, 0.6) is 0 Å². The van der Waals surface area contributed by atoms with Crippen LogP contribution in [-0.2, 0) is 4.79 Å². The Morgan fingerprint density at radius 2 is 1.96 bits per heavy atom. The highest BCUT2D eigenvalue weighted by molar-refractivity contribution is 5.78. The Balaban J connectivity index is 1.73. The second-order valence-corrected chi connectivity index (χ2v) is 7.85. The summed E-state index contributed by atoms with van der Waals surface area (Å²) < 4.78 is 0.